The molecule has 3 N–H and O–H groups in total. The van der Waals surface area contributed by atoms with Gasteiger partial charge in [0.1, 0.15) is 16.7 Å². The van der Waals surface area contributed by atoms with Crippen molar-refractivity contribution < 1.29 is 28.7 Å². The van der Waals surface area contributed by atoms with E-state index in [1.165, 1.54) is 23.1 Å². The number of hydrogen-bond donors (Lipinski definition) is 3. The smallest absolute Gasteiger partial charge is 0.311 e. The number of benzene rings is 4. The fourth-order valence-corrected chi connectivity index (χ4v) is 6.59. The molecule has 0 saturated carbocycles. The molecule has 10 nitrogen and oxygen atoms in total. The molecule has 1 unspecified atom stereocenters. The van der Waals surface area contributed by atoms with Gasteiger partial charge in [-0.2, -0.15) is 0 Å². The highest BCUT2D eigenvalue weighted by Crippen LogP contribution is 2.37. The van der Waals surface area contributed by atoms with E-state index in [-0.39, 0.29) is 30.6 Å². The van der Waals surface area contributed by atoms with Crippen LogP contribution in [0.1, 0.15) is 46.3 Å². The van der Waals surface area contributed by atoms with Gasteiger partial charge in [0.05, 0.1) is 25.3 Å². The van der Waals surface area contributed by atoms with Crippen LogP contribution in [0.2, 0.25) is 0 Å². The molecule has 1 heterocycles. The summed E-state index contributed by atoms with van der Waals surface area (Å²) in [6, 6.07) is 32.2. The molecule has 3 amide bonds. The molecule has 5 aromatic rings. The van der Waals surface area contributed by atoms with Gasteiger partial charge >= 0.3 is 5.97 Å². The number of esters is 1. The molecule has 0 spiro atoms. The van der Waals surface area contributed by atoms with Crippen LogP contribution >= 0.6 is 23.1 Å². The summed E-state index contributed by atoms with van der Waals surface area (Å²) in [7, 11) is 0. The molecule has 0 aliphatic carbocycles. The highest BCUT2D eigenvalue weighted by atomic mass is 32.2. The number of thioether (sulfide) groups is 1. The van der Waals surface area contributed by atoms with Crippen molar-refractivity contribution in [3.63, 3.8) is 0 Å². The van der Waals surface area contributed by atoms with Crippen LogP contribution in [-0.2, 0) is 25.5 Å². The van der Waals surface area contributed by atoms with Crippen LogP contribution in [-0.4, -0.2) is 41.9 Å². The Morgan fingerprint density at radius 3 is 2.27 bits per heavy atom. The summed E-state index contributed by atoms with van der Waals surface area (Å²) in [6.07, 6.45) is 1.61. The summed E-state index contributed by atoms with van der Waals surface area (Å²) in [5, 5.41) is 9.94. The van der Waals surface area contributed by atoms with E-state index in [1.807, 2.05) is 43.3 Å². The quantitative estimate of drug-likeness (QED) is 0.0574. The van der Waals surface area contributed by atoms with Gasteiger partial charge in [-0.05, 0) is 73.5 Å². The summed E-state index contributed by atoms with van der Waals surface area (Å²) < 4.78 is 10.5. The van der Waals surface area contributed by atoms with Crippen molar-refractivity contribution in [1.29, 1.82) is 0 Å². The minimum Gasteiger partial charge on any atom is -0.494 e. The SMILES string of the molecule is CCOC(=O)Cc1csc(NC(=O)C(Sc2cccc(NC(=O)/C(=C\c3ccc(OCC)cc3)NC(=O)c3ccccc3)c2)c2ccccc2)n1. The molecule has 4 aromatic carbocycles. The number of carbonyl (C=O) groups excluding carboxylic acids is 4. The maximum absolute atomic E-state index is 13.7. The van der Waals surface area contributed by atoms with Gasteiger partial charge in [-0.25, -0.2) is 4.98 Å². The molecule has 0 radical (unpaired) electrons. The van der Waals surface area contributed by atoms with Crippen molar-refractivity contribution >= 4 is 63.7 Å². The fraction of sp³-hybridized carbons (Fsp3) is 0.154. The van der Waals surface area contributed by atoms with Crippen molar-refractivity contribution in [3.05, 3.63) is 143 Å². The molecule has 5 rings (SSSR count). The van der Waals surface area contributed by atoms with E-state index in [4.69, 9.17) is 9.47 Å². The maximum Gasteiger partial charge on any atom is 0.311 e. The summed E-state index contributed by atoms with van der Waals surface area (Å²) in [5.41, 5.74) is 2.87. The van der Waals surface area contributed by atoms with Crippen LogP contribution in [0, 0.1) is 0 Å². The van der Waals surface area contributed by atoms with Crippen LogP contribution < -0.4 is 20.7 Å². The van der Waals surface area contributed by atoms with Crippen molar-refractivity contribution in [2.45, 2.75) is 30.4 Å². The first-order valence-electron chi connectivity index (χ1n) is 16.2. The molecule has 0 aliphatic rings. The summed E-state index contributed by atoms with van der Waals surface area (Å²) >= 11 is 2.53. The van der Waals surface area contributed by atoms with E-state index in [0.717, 1.165) is 5.56 Å². The molecular weight excluding hydrogens is 685 g/mol. The molecule has 0 fully saturated rings. The lowest BCUT2D eigenvalue weighted by Crippen LogP contribution is -2.30. The van der Waals surface area contributed by atoms with Crippen LogP contribution in [0.3, 0.4) is 0 Å². The van der Waals surface area contributed by atoms with Crippen molar-refractivity contribution in [3.8, 4) is 5.75 Å². The van der Waals surface area contributed by atoms with E-state index < -0.39 is 17.1 Å². The average molecular weight is 721 g/mol. The lowest BCUT2D eigenvalue weighted by Gasteiger charge is -2.17. The minimum atomic E-state index is -0.671. The third kappa shape index (κ3) is 10.9. The summed E-state index contributed by atoms with van der Waals surface area (Å²) in [4.78, 5) is 57.5. The predicted octanol–water partition coefficient (Wildman–Crippen LogP) is 7.53. The van der Waals surface area contributed by atoms with E-state index in [0.29, 0.717) is 44.9 Å². The topological polar surface area (TPSA) is 136 Å². The monoisotopic (exact) mass is 720 g/mol. The zero-order valence-electron chi connectivity index (χ0n) is 28.0. The lowest BCUT2D eigenvalue weighted by molar-refractivity contribution is -0.142. The number of anilines is 2. The molecule has 0 aliphatic heterocycles. The third-order valence-electron chi connectivity index (χ3n) is 7.13. The van der Waals surface area contributed by atoms with Crippen LogP contribution in [0.25, 0.3) is 6.08 Å². The van der Waals surface area contributed by atoms with Crippen molar-refractivity contribution in [2.24, 2.45) is 0 Å². The van der Waals surface area contributed by atoms with Gasteiger partial charge in [-0.15, -0.1) is 23.1 Å². The van der Waals surface area contributed by atoms with Crippen LogP contribution in [0.4, 0.5) is 10.8 Å². The Morgan fingerprint density at radius 2 is 1.57 bits per heavy atom. The first-order chi connectivity index (χ1) is 24.8. The van der Waals surface area contributed by atoms with Gasteiger partial charge in [0.25, 0.3) is 11.8 Å². The standard InChI is InChI=1S/C39H36N4O6S2/c1-3-48-31-20-18-26(19-21-31)22-33(42-36(45)28-14-9-6-10-15-28)37(46)40-29-16-11-17-32(23-29)51-35(27-12-7-5-8-13-27)38(47)43-39-41-30(25-50-39)24-34(44)49-4-2/h5-23,25,35H,3-4,24H2,1-2H3,(H,40,46)(H,42,45)(H,41,43,47)/b33-22+. The van der Waals surface area contributed by atoms with Crippen molar-refractivity contribution in [2.75, 3.05) is 23.8 Å². The Bertz CT molecular complexity index is 1980. The van der Waals surface area contributed by atoms with Gasteiger partial charge in [0, 0.05) is 21.5 Å². The molecule has 1 aromatic heterocycles. The second-order valence-electron chi connectivity index (χ2n) is 10.9. The first-order valence-corrected chi connectivity index (χ1v) is 17.9. The highest BCUT2D eigenvalue weighted by molar-refractivity contribution is 8.00. The zero-order valence-corrected chi connectivity index (χ0v) is 29.6. The Kier molecular flexibility index (Phi) is 13.1. The summed E-state index contributed by atoms with van der Waals surface area (Å²) in [6.45, 7) is 4.44. The largest absolute Gasteiger partial charge is 0.494 e. The Labute approximate surface area is 304 Å². The number of carbonyl (C=O) groups is 4. The Balaban J connectivity index is 1.34. The fourth-order valence-electron chi connectivity index (χ4n) is 4.79. The van der Waals surface area contributed by atoms with E-state index in [1.54, 1.807) is 91.2 Å². The number of amides is 3. The number of hydrogen-bond acceptors (Lipinski definition) is 9. The number of rotatable bonds is 15. The first kappa shape index (κ1) is 36.6. The van der Waals surface area contributed by atoms with Crippen LogP contribution in [0.5, 0.6) is 5.75 Å². The molecule has 51 heavy (non-hydrogen) atoms. The van der Waals surface area contributed by atoms with E-state index in [2.05, 4.69) is 20.9 Å². The molecule has 0 saturated heterocycles. The second kappa shape index (κ2) is 18.3. The van der Waals surface area contributed by atoms with Gasteiger partial charge < -0.3 is 25.4 Å². The maximum atomic E-state index is 13.7. The third-order valence-corrected chi connectivity index (χ3v) is 9.18. The van der Waals surface area contributed by atoms with Gasteiger partial charge in [-0.1, -0.05) is 66.7 Å². The number of aromatic nitrogens is 1. The molecular formula is C39H36N4O6S2. The Morgan fingerprint density at radius 1 is 0.843 bits per heavy atom. The Hall–Kier alpha value is -5.72. The highest BCUT2D eigenvalue weighted by Gasteiger charge is 2.24. The number of thiazole rings is 1. The van der Waals surface area contributed by atoms with Gasteiger partial charge in [-0.3, -0.25) is 19.2 Å². The van der Waals surface area contributed by atoms with Gasteiger partial charge in [0.15, 0.2) is 5.13 Å². The predicted molar refractivity (Wildman–Crippen MR) is 201 cm³/mol. The molecule has 1 atom stereocenters. The molecule has 12 heteroatoms. The molecule has 0 bridgehead atoms. The number of ether oxygens (including phenoxy) is 2. The van der Waals surface area contributed by atoms with Crippen molar-refractivity contribution in [1.82, 2.24) is 10.3 Å². The van der Waals surface area contributed by atoms with E-state index >= 15 is 0 Å². The summed E-state index contributed by atoms with van der Waals surface area (Å²) in [5.74, 6) is -0.965. The molecule has 260 valence electrons. The normalized spacial score (nSPS) is 11.6. The lowest BCUT2D eigenvalue weighted by atomic mass is 10.1. The number of nitrogens with one attached hydrogen (secondary N) is 3. The van der Waals surface area contributed by atoms with Crippen LogP contribution in [0.15, 0.2) is 125 Å². The minimum absolute atomic E-state index is 0.0165. The van der Waals surface area contributed by atoms with E-state index in [9.17, 15) is 19.2 Å². The second-order valence-corrected chi connectivity index (χ2v) is 12.9. The zero-order chi connectivity index (χ0) is 36.0. The number of nitrogens with zero attached hydrogens (tertiary/aromatic N) is 1. The van der Waals surface area contributed by atoms with Gasteiger partial charge in [0.2, 0.25) is 5.91 Å². The average Bonchev–Trinajstić information content (AvgIpc) is 3.58.